The highest BCUT2D eigenvalue weighted by atomic mass is 19.1. The summed E-state index contributed by atoms with van der Waals surface area (Å²) in [5.41, 5.74) is 6.46. The summed E-state index contributed by atoms with van der Waals surface area (Å²) in [5.74, 6) is 0. The lowest BCUT2D eigenvalue weighted by atomic mass is 10.0. The number of rotatable bonds is 2. The average Bonchev–Trinajstić information content (AvgIpc) is 2.27. The molecule has 72 valence electrons. The van der Waals surface area contributed by atoms with Crippen LogP contribution in [-0.4, -0.2) is 6.67 Å². The molecule has 0 saturated heterocycles. The summed E-state index contributed by atoms with van der Waals surface area (Å²) in [6.45, 7) is -0.516. The van der Waals surface area contributed by atoms with Crippen molar-refractivity contribution in [2.24, 2.45) is 5.73 Å². The third-order valence-corrected chi connectivity index (χ3v) is 2.37. The SMILES string of the molecule is N[C@@H](CF)c1ccc2ccccc2c1. The first-order chi connectivity index (χ1) is 6.81. The zero-order valence-electron chi connectivity index (χ0n) is 7.78. The van der Waals surface area contributed by atoms with E-state index >= 15 is 0 Å². The van der Waals surface area contributed by atoms with Crippen LogP contribution in [0, 0.1) is 0 Å². The summed E-state index contributed by atoms with van der Waals surface area (Å²) >= 11 is 0. The summed E-state index contributed by atoms with van der Waals surface area (Å²) in [6.07, 6.45) is 0. The predicted octanol–water partition coefficient (Wildman–Crippen LogP) is 2.81. The summed E-state index contributed by atoms with van der Waals surface area (Å²) in [7, 11) is 0. The Morgan fingerprint density at radius 2 is 1.79 bits per heavy atom. The van der Waals surface area contributed by atoms with Gasteiger partial charge in [-0.05, 0) is 22.4 Å². The van der Waals surface area contributed by atoms with E-state index in [1.54, 1.807) is 0 Å². The smallest absolute Gasteiger partial charge is 0.109 e. The third kappa shape index (κ3) is 1.61. The lowest BCUT2D eigenvalue weighted by Gasteiger charge is -2.08. The second-order valence-corrected chi connectivity index (χ2v) is 3.37. The van der Waals surface area contributed by atoms with Crippen molar-refractivity contribution in [3.05, 3.63) is 48.0 Å². The molecule has 0 fully saturated rings. The van der Waals surface area contributed by atoms with Crippen molar-refractivity contribution in [2.75, 3.05) is 6.67 Å². The summed E-state index contributed by atoms with van der Waals surface area (Å²) in [5, 5.41) is 2.26. The molecule has 0 saturated carbocycles. The monoisotopic (exact) mass is 189 g/mol. The summed E-state index contributed by atoms with van der Waals surface area (Å²) < 4.78 is 12.3. The number of nitrogens with two attached hydrogens (primary N) is 1. The largest absolute Gasteiger partial charge is 0.322 e. The third-order valence-electron chi connectivity index (χ3n) is 2.37. The maximum atomic E-state index is 12.3. The number of fused-ring (bicyclic) bond motifs is 1. The van der Waals surface area contributed by atoms with E-state index in [4.69, 9.17) is 5.73 Å². The van der Waals surface area contributed by atoms with Crippen molar-refractivity contribution in [3.63, 3.8) is 0 Å². The number of halogens is 1. The minimum Gasteiger partial charge on any atom is -0.322 e. The molecule has 0 aliphatic heterocycles. The molecule has 0 amide bonds. The Kier molecular flexibility index (Phi) is 2.46. The van der Waals surface area contributed by atoms with Gasteiger partial charge in [0, 0.05) is 0 Å². The van der Waals surface area contributed by atoms with Gasteiger partial charge in [-0.2, -0.15) is 0 Å². The summed E-state index contributed by atoms with van der Waals surface area (Å²) in [4.78, 5) is 0. The van der Waals surface area contributed by atoms with Gasteiger partial charge in [0.25, 0.3) is 0 Å². The van der Waals surface area contributed by atoms with Crippen LogP contribution in [0.5, 0.6) is 0 Å². The molecule has 0 aliphatic rings. The minimum atomic E-state index is -0.516. The van der Waals surface area contributed by atoms with Crippen LogP contribution in [0.15, 0.2) is 42.5 Å². The highest BCUT2D eigenvalue weighted by Crippen LogP contribution is 2.19. The molecule has 0 spiro atoms. The summed E-state index contributed by atoms with van der Waals surface area (Å²) in [6, 6.07) is 13.3. The molecular weight excluding hydrogens is 177 g/mol. The number of benzene rings is 2. The highest BCUT2D eigenvalue weighted by Gasteiger charge is 2.04. The highest BCUT2D eigenvalue weighted by molar-refractivity contribution is 5.83. The normalized spacial score (nSPS) is 13.0. The van der Waals surface area contributed by atoms with Crippen LogP contribution >= 0.6 is 0 Å². The van der Waals surface area contributed by atoms with Crippen molar-refractivity contribution >= 4 is 10.8 Å². The zero-order chi connectivity index (χ0) is 9.97. The van der Waals surface area contributed by atoms with Crippen molar-refractivity contribution in [1.29, 1.82) is 0 Å². The van der Waals surface area contributed by atoms with Gasteiger partial charge >= 0.3 is 0 Å². The Balaban J connectivity index is 2.51. The number of alkyl halides is 1. The van der Waals surface area contributed by atoms with Crippen molar-refractivity contribution in [2.45, 2.75) is 6.04 Å². The molecule has 0 radical (unpaired) electrons. The van der Waals surface area contributed by atoms with Gasteiger partial charge in [0.05, 0.1) is 6.04 Å². The average molecular weight is 189 g/mol. The molecular formula is C12H12FN. The molecule has 14 heavy (non-hydrogen) atoms. The second-order valence-electron chi connectivity index (χ2n) is 3.37. The number of hydrogen-bond donors (Lipinski definition) is 1. The molecule has 0 aromatic heterocycles. The predicted molar refractivity (Wildman–Crippen MR) is 56.9 cm³/mol. The van der Waals surface area contributed by atoms with E-state index in [0.717, 1.165) is 16.3 Å². The molecule has 0 heterocycles. The Morgan fingerprint density at radius 1 is 1.07 bits per heavy atom. The van der Waals surface area contributed by atoms with Crippen LogP contribution in [0.25, 0.3) is 10.8 Å². The van der Waals surface area contributed by atoms with E-state index < -0.39 is 12.7 Å². The van der Waals surface area contributed by atoms with Gasteiger partial charge in [0.2, 0.25) is 0 Å². The van der Waals surface area contributed by atoms with Gasteiger partial charge in [-0.3, -0.25) is 0 Å². The Bertz CT molecular complexity index is 439. The zero-order valence-corrected chi connectivity index (χ0v) is 7.78. The van der Waals surface area contributed by atoms with E-state index in [9.17, 15) is 4.39 Å². The van der Waals surface area contributed by atoms with Crippen molar-refractivity contribution < 1.29 is 4.39 Å². The molecule has 0 bridgehead atoms. The lowest BCUT2D eigenvalue weighted by molar-refractivity contribution is 0.437. The van der Waals surface area contributed by atoms with Crippen LogP contribution in [0.2, 0.25) is 0 Å². The molecule has 1 nitrogen and oxygen atoms in total. The van der Waals surface area contributed by atoms with E-state index in [1.807, 2.05) is 42.5 Å². The van der Waals surface area contributed by atoms with E-state index in [2.05, 4.69) is 0 Å². The van der Waals surface area contributed by atoms with E-state index in [0.29, 0.717) is 0 Å². The van der Waals surface area contributed by atoms with Crippen LogP contribution in [0.1, 0.15) is 11.6 Å². The molecule has 2 aromatic rings. The Labute approximate surface area is 82.3 Å². The molecule has 1 atom stereocenters. The second kappa shape index (κ2) is 3.76. The van der Waals surface area contributed by atoms with Gasteiger partial charge in [0.1, 0.15) is 6.67 Å². The fourth-order valence-electron chi connectivity index (χ4n) is 1.53. The van der Waals surface area contributed by atoms with Gasteiger partial charge < -0.3 is 5.73 Å². The van der Waals surface area contributed by atoms with Gasteiger partial charge in [0.15, 0.2) is 0 Å². The Morgan fingerprint density at radius 3 is 2.50 bits per heavy atom. The van der Waals surface area contributed by atoms with E-state index in [1.165, 1.54) is 0 Å². The van der Waals surface area contributed by atoms with Crippen LogP contribution < -0.4 is 5.73 Å². The van der Waals surface area contributed by atoms with Gasteiger partial charge in [-0.15, -0.1) is 0 Å². The number of hydrogen-bond acceptors (Lipinski definition) is 1. The lowest BCUT2D eigenvalue weighted by Crippen LogP contribution is -2.11. The first kappa shape index (κ1) is 9.16. The van der Waals surface area contributed by atoms with Crippen molar-refractivity contribution in [1.82, 2.24) is 0 Å². The molecule has 2 rings (SSSR count). The molecule has 0 aliphatic carbocycles. The van der Waals surface area contributed by atoms with Crippen LogP contribution in [0.4, 0.5) is 4.39 Å². The molecule has 2 heteroatoms. The standard InChI is InChI=1S/C12H12FN/c13-8-12(14)11-6-5-9-3-1-2-4-10(9)7-11/h1-7,12H,8,14H2/t12-/m0/s1. The maximum absolute atomic E-state index is 12.3. The quantitative estimate of drug-likeness (QED) is 0.772. The minimum absolute atomic E-state index is 0.500. The molecule has 0 unspecified atom stereocenters. The first-order valence-corrected chi connectivity index (χ1v) is 4.61. The molecule has 2 N–H and O–H groups in total. The van der Waals surface area contributed by atoms with E-state index in [-0.39, 0.29) is 0 Å². The van der Waals surface area contributed by atoms with Crippen molar-refractivity contribution in [3.8, 4) is 0 Å². The maximum Gasteiger partial charge on any atom is 0.109 e. The fraction of sp³-hybridized carbons (Fsp3) is 0.167. The van der Waals surface area contributed by atoms with Gasteiger partial charge in [-0.1, -0.05) is 36.4 Å². The van der Waals surface area contributed by atoms with Gasteiger partial charge in [-0.25, -0.2) is 4.39 Å². The Hall–Kier alpha value is -1.41. The van der Waals surface area contributed by atoms with Crippen LogP contribution in [-0.2, 0) is 0 Å². The topological polar surface area (TPSA) is 26.0 Å². The first-order valence-electron chi connectivity index (χ1n) is 4.61. The van der Waals surface area contributed by atoms with Crippen LogP contribution in [0.3, 0.4) is 0 Å². The fourth-order valence-corrected chi connectivity index (χ4v) is 1.53. The molecule has 2 aromatic carbocycles.